The SMILES string of the molecule is [CH][N+](C)(C)C(CCC(=O)O)C(=O)O. The maximum Gasteiger partial charge on any atom is 0.362 e. The molecule has 0 aliphatic rings. The zero-order valence-corrected chi connectivity index (χ0v) is 7.73. The van der Waals surface area contributed by atoms with E-state index < -0.39 is 18.0 Å². The number of rotatable bonds is 5. The van der Waals surface area contributed by atoms with Gasteiger partial charge in [0.2, 0.25) is 7.05 Å². The number of hydrogen-bond donors (Lipinski definition) is 2. The number of hydrogen-bond acceptors (Lipinski definition) is 2. The van der Waals surface area contributed by atoms with Gasteiger partial charge < -0.3 is 14.7 Å². The van der Waals surface area contributed by atoms with Gasteiger partial charge in [0, 0.05) is 6.42 Å². The maximum atomic E-state index is 10.7. The summed E-state index contributed by atoms with van der Waals surface area (Å²) in [6, 6.07) is -0.879. The van der Waals surface area contributed by atoms with Crippen LogP contribution in [0.5, 0.6) is 0 Å². The second-order valence-corrected chi connectivity index (χ2v) is 3.42. The number of carboxylic acid groups (broad SMARTS) is 2. The van der Waals surface area contributed by atoms with Gasteiger partial charge in [0.15, 0.2) is 6.04 Å². The third kappa shape index (κ3) is 4.47. The van der Waals surface area contributed by atoms with Gasteiger partial charge in [-0.05, 0) is 0 Å². The van der Waals surface area contributed by atoms with Crippen LogP contribution in [-0.2, 0) is 9.59 Å². The summed E-state index contributed by atoms with van der Waals surface area (Å²) >= 11 is 0. The molecule has 0 fully saturated rings. The van der Waals surface area contributed by atoms with E-state index in [0.29, 0.717) is 0 Å². The molecule has 0 aromatic rings. The van der Waals surface area contributed by atoms with Crippen LogP contribution in [0.25, 0.3) is 0 Å². The number of carbonyl (C=O) groups is 2. The molecule has 0 bridgehead atoms. The van der Waals surface area contributed by atoms with Crippen molar-refractivity contribution in [1.29, 1.82) is 0 Å². The molecular weight excluding hydrogens is 174 g/mol. The summed E-state index contributed by atoms with van der Waals surface area (Å²) in [6.45, 7) is 0. The Morgan fingerprint density at radius 2 is 1.85 bits per heavy atom. The Morgan fingerprint density at radius 1 is 1.38 bits per heavy atom. The summed E-state index contributed by atoms with van der Waals surface area (Å²) in [4.78, 5) is 20.9. The zero-order valence-electron chi connectivity index (χ0n) is 7.73. The molecule has 0 heterocycles. The molecule has 0 aliphatic carbocycles. The number of quaternary nitrogens is 1. The third-order valence-corrected chi connectivity index (χ3v) is 1.72. The topological polar surface area (TPSA) is 74.6 Å². The molecule has 13 heavy (non-hydrogen) atoms. The first kappa shape index (κ1) is 11.9. The summed E-state index contributed by atoms with van der Waals surface area (Å²) in [5.74, 6) is -2.09. The molecule has 74 valence electrons. The van der Waals surface area contributed by atoms with Crippen LogP contribution >= 0.6 is 0 Å². The van der Waals surface area contributed by atoms with Gasteiger partial charge in [-0.3, -0.25) is 4.79 Å². The van der Waals surface area contributed by atoms with E-state index >= 15 is 0 Å². The van der Waals surface area contributed by atoms with Crippen molar-refractivity contribution >= 4 is 11.9 Å². The molecule has 2 radical (unpaired) electrons. The molecular formula is C8H14NO4+. The molecule has 5 heteroatoms. The van der Waals surface area contributed by atoms with Gasteiger partial charge in [-0.25, -0.2) is 4.79 Å². The van der Waals surface area contributed by atoms with Crippen molar-refractivity contribution in [2.45, 2.75) is 18.9 Å². The first-order valence-electron chi connectivity index (χ1n) is 3.82. The van der Waals surface area contributed by atoms with Crippen LogP contribution in [-0.4, -0.2) is 46.8 Å². The normalized spacial score (nSPS) is 13.8. The number of likely N-dealkylation sites (N-methyl/N-ethyl adjacent to an activating group) is 1. The Hall–Kier alpha value is -1.10. The smallest absolute Gasteiger partial charge is 0.362 e. The molecule has 1 atom stereocenters. The van der Waals surface area contributed by atoms with Crippen LogP contribution in [0.15, 0.2) is 0 Å². The minimum atomic E-state index is -1.08. The highest BCUT2D eigenvalue weighted by Crippen LogP contribution is 2.11. The molecule has 0 rings (SSSR count). The van der Waals surface area contributed by atoms with Crippen LogP contribution < -0.4 is 0 Å². The van der Waals surface area contributed by atoms with Crippen molar-refractivity contribution in [3.05, 3.63) is 7.05 Å². The average Bonchev–Trinajstić information content (AvgIpc) is 1.81. The lowest BCUT2D eigenvalue weighted by molar-refractivity contribution is -0.863. The van der Waals surface area contributed by atoms with E-state index in [9.17, 15) is 9.59 Å². The highest BCUT2D eigenvalue weighted by molar-refractivity contribution is 5.73. The first-order chi connectivity index (χ1) is 5.75. The fourth-order valence-electron chi connectivity index (χ4n) is 1.00. The lowest BCUT2D eigenvalue weighted by Gasteiger charge is -2.29. The quantitative estimate of drug-likeness (QED) is 0.598. The highest BCUT2D eigenvalue weighted by atomic mass is 16.4. The molecule has 0 aliphatic heterocycles. The van der Waals surface area contributed by atoms with Crippen LogP contribution in [0.1, 0.15) is 12.8 Å². The van der Waals surface area contributed by atoms with Crippen LogP contribution in [0, 0.1) is 7.05 Å². The van der Waals surface area contributed by atoms with E-state index in [1.165, 1.54) is 14.1 Å². The Bertz CT molecular complexity index is 207. The lowest BCUT2D eigenvalue weighted by atomic mass is 10.1. The number of carboxylic acids is 2. The van der Waals surface area contributed by atoms with Crippen LogP contribution in [0.2, 0.25) is 0 Å². The van der Waals surface area contributed by atoms with Crippen LogP contribution in [0.3, 0.4) is 0 Å². The van der Waals surface area contributed by atoms with Crippen molar-refractivity contribution in [3.8, 4) is 0 Å². The van der Waals surface area contributed by atoms with E-state index in [2.05, 4.69) is 0 Å². The van der Waals surface area contributed by atoms with Gasteiger partial charge in [0.1, 0.15) is 0 Å². The number of aliphatic carboxylic acids is 2. The summed E-state index contributed by atoms with van der Waals surface area (Å²) in [5.41, 5.74) is 0. The van der Waals surface area contributed by atoms with Gasteiger partial charge in [-0.1, -0.05) is 0 Å². The van der Waals surface area contributed by atoms with Gasteiger partial charge in [-0.15, -0.1) is 0 Å². The molecule has 0 aromatic carbocycles. The molecule has 0 aromatic heterocycles. The predicted molar refractivity (Wildman–Crippen MR) is 44.7 cm³/mol. The van der Waals surface area contributed by atoms with E-state index in [1.54, 1.807) is 0 Å². The second kappa shape index (κ2) is 4.23. The Morgan fingerprint density at radius 3 is 2.08 bits per heavy atom. The van der Waals surface area contributed by atoms with Crippen molar-refractivity contribution in [3.63, 3.8) is 0 Å². The largest absolute Gasteiger partial charge is 0.481 e. The Kier molecular flexibility index (Phi) is 3.87. The van der Waals surface area contributed by atoms with Gasteiger partial charge in [0.05, 0.1) is 20.5 Å². The Labute approximate surface area is 77.2 Å². The van der Waals surface area contributed by atoms with Gasteiger partial charge >= 0.3 is 11.9 Å². The summed E-state index contributed by atoms with van der Waals surface area (Å²) < 4.78 is -0.261. The van der Waals surface area contributed by atoms with Crippen LogP contribution in [0.4, 0.5) is 0 Å². The molecule has 0 spiro atoms. The molecule has 5 nitrogen and oxygen atoms in total. The highest BCUT2D eigenvalue weighted by Gasteiger charge is 2.32. The second-order valence-electron chi connectivity index (χ2n) is 3.42. The lowest BCUT2D eigenvalue weighted by Crippen LogP contribution is -2.48. The van der Waals surface area contributed by atoms with Crippen molar-refractivity contribution < 1.29 is 24.3 Å². The third-order valence-electron chi connectivity index (χ3n) is 1.72. The molecule has 2 N–H and O–H groups in total. The minimum Gasteiger partial charge on any atom is -0.481 e. The predicted octanol–water partition coefficient (Wildman–Crippen LogP) is 0.0494. The first-order valence-corrected chi connectivity index (χ1v) is 3.82. The van der Waals surface area contributed by atoms with Crippen molar-refractivity contribution in [1.82, 2.24) is 0 Å². The van der Waals surface area contributed by atoms with E-state index in [4.69, 9.17) is 17.3 Å². The van der Waals surface area contributed by atoms with E-state index in [1.807, 2.05) is 0 Å². The standard InChI is InChI=1S/C8H14NO4/c1-9(2,3)6(8(12)13)4-5-7(10)11/h1,6H,4-5H2,2-3H3,(H,10,11)(H,12,13)/q+1. The average molecular weight is 188 g/mol. The zero-order chi connectivity index (χ0) is 10.6. The molecule has 0 saturated carbocycles. The minimum absolute atomic E-state index is 0.0359. The molecule has 1 unspecified atom stereocenters. The summed E-state index contributed by atoms with van der Waals surface area (Å²) in [6.07, 6.45) is -0.149. The summed E-state index contributed by atoms with van der Waals surface area (Å²) in [5, 5.41) is 17.1. The van der Waals surface area contributed by atoms with Crippen molar-refractivity contribution in [2.75, 3.05) is 14.1 Å². The fourth-order valence-corrected chi connectivity index (χ4v) is 1.00. The van der Waals surface area contributed by atoms with Gasteiger partial charge in [0.25, 0.3) is 0 Å². The van der Waals surface area contributed by atoms with Crippen molar-refractivity contribution in [2.24, 2.45) is 0 Å². The van der Waals surface area contributed by atoms with Gasteiger partial charge in [-0.2, -0.15) is 0 Å². The fraction of sp³-hybridized carbons (Fsp3) is 0.625. The summed E-state index contributed by atoms with van der Waals surface area (Å²) in [7, 11) is 8.56. The molecule has 0 saturated heterocycles. The monoisotopic (exact) mass is 188 g/mol. The van der Waals surface area contributed by atoms with E-state index in [-0.39, 0.29) is 17.3 Å². The molecule has 0 amide bonds. The van der Waals surface area contributed by atoms with E-state index in [0.717, 1.165) is 0 Å². The Balaban J connectivity index is 4.28. The number of nitrogens with zero attached hydrogens (tertiary/aromatic N) is 1. The maximum absolute atomic E-state index is 10.7.